The molecule has 0 aliphatic rings. The number of hydrogen-bond acceptors (Lipinski definition) is 10. The molecule has 2 N–H and O–H groups in total. The maximum Gasteiger partial charge on any atom is 0.305 e. The van der Waals surface area contributed by atoms with Gasteiger partial charge in [-0.2, -0.15) is 0 Å². The Balaban J connectivity index is 3.44. The van der Waals surface area contributed by atoms with Gasteiger partial charge in [-0.25, -0.2) is 0 Å². The molecule has 0 saturated heterocycles. The smallest absolute Gasteiger partial charge is 0.305 e. The molecule has 0 bridgehead atoms. The monoisotopic (exact) mass is 518 g/mol. The third-order valence-electron chi connectivity index (χ3n) is 5.26. The van der Waals surface area contributed by atoms with Gasteiger partial charge in [-0.15, -0.1) is 0 Å². The summed E-state index contributed by atoms with van der Waals surface area (Å²) in [4.78, 5) is 46.4. The van der Waals surface area contributed by atoms with Crippen molar-refractivity contribution in [2.45, 2.75) is 103 Å². The van der Waals surface area contributed by atoms with Crippen LogP contribution in [0.25, 0.3) is 0 Å². The molecule has 10 heteroatoms. The first kappa shape index (κ1) is 33.8. The summed E-state index contributed by atoms with van der Waals surface area (Å²) >= 11 is 0. The molecule has 36 heavy (non-hydrogen) atoms. The molecular formula is C26H46O10. The van der Waals surface area contributed by atoms with E-state index in [2.05, 4.69) is 0 Å². The van der Waals surface area contributed by atoms with Crippen LogP contribution < -0.4 is 0 Å². The van der Waals surface area contributed by atoms with Crippen molar-refractivity contribution in [1.82, 2.24) is 0 Å². The van der Waals surface area contributed by atoms with Gasteiger partial charge in [0.2, 0.25) is 0 Å². The van der Waals surface area contributed by atoms with E-state index in [9.17, 15) is 19.2 Å². The van der Waals surface area contributed by atoms with Gasteiger partial charge < -0.3 is 29.2 Å². The zero-order chi connectivity index (χ0) is 26.7. The Morgan fingerprint density at radius 3 is 0.944 bits per heavy atom. The third kappa shape index (κ3) is 24.9. The molecule has 0 rings (SSSR count). The molecule has 0 aromatic rings. The van der Waals surface area contributed by atoms with Gasteiger partial charge in [-0.05, 0) is 64.2 Å². The van der Waals surface area contributed by atoms with Gasteiger partial charge in [0.05, 0.1) is 13.2 Å². The summed E-state index contributed by atoms with van der Waals surface area (Å²) in [5.74, 6) is -1.17. The largest absolute Gasteiger partial charge is 0.466 e. The van der Waals surface area contributed by atoms with Crippen LogP contribution in [-0.2, 0) is 38.1 Å². The fourth-order valence-electron chi connectivity index (χ4n) is 3.18. The minimum absolute atomic E-state index is 0.0206. The molecule has 0 aliphatic carbocycles. The number of aliphatic hydroxyl groups is 2. The van der Waals surface area contributed by atoms with Crippen molar-refractivity contribution in [3.8, 4) is 0 Å². The van der Waals surface area contributed by atoms with Crippen molar-refractivity contribution >= 4 is 23.9 Å². The molecule has 0 heterocycles. The van der Waals surface area contributed by atoms with E-state index < -0.39 is 0 Å². The van der Waals surface area contributed by atoms with Crippen LogP contribution in [-0.4, -0.2) is 73.7 Å². The molecule has 0 atom stereocenters. The number of esters is 4. The lowest BCUT2D eigenvalue weighted by atomic mass is 10.2. The van der Waals surface area contributed by atoms with E-state index in [1.165, 1.54) is 0 Å². The Morgan fingerprint density at radius 1 is 0.361 bits per heavy atom. The van der Waals surface area contributed by atoms with Crippen LogP contribution in [0.15, 0.2) is 0 Å². The predicted molar refractivity (Wildman–Crippen MR) is 132 cm³/mol. The summed E-state index contributed by atoms with van der Waals surface area (Å²) in [6, 6.07) is 0. The summed E-state index contributed by atoms with van der Waals surface area (Å²) in [6.45, 7) is 0.988. The van der Waals surface area contributed by atoms with E-state index >= 15 is 0 Å². The Morgan fingerprint density at radius 2 is 0.639 bits per heavy atom. The van der Waals surface area contributed by atoms with Gasteiger partial charge >= 0.3 is 23.9 Å². The highest BCUT2D eigenvalue weighted by Gasteiger charge is 2.07. The lowest BCUT2D eigenvalue weighted by Crippen LogP contribution is -2.14. The molecule has 0 amide bonds. The molecule has 0 aromatic heterocycles. The quantitative estimate of drug-likeness (QED) is 0.105. The van der Waals surface area contributed by atoms with Crippen LogP contribution in [0.1, 0.15) is 103 Å². The van der Waals surface area contributed by atoms with Gasteiger partial charge in [-0.3, -0.25) is 19.2 Å². The molecule has 210 valence electrons. The van der Waals surface area contributed by atoms with Crippen LogP contribution >= 0.6 is 0 Å². The van der Waals surface area contributed by atoms with Crippen LogP contribution in [0.4, 0.5) is 0 Å². The topological polar surface area (TPSA) is 146 Å². The van der Waals surface area contributed by atoms with E-state index in [0.29, 0.717) is 77.4 Å². The van der Waals surface area contributed by atoms with Gasteiger partial charge in [0.25, 0.3) is 0 Å². The van der Waals surface area contributed by atoms with Crippen LogP contribution in [0, 0.1) is 0 Å². The first-order chi connectivity index (χ1) is 17.5. The molecule has 10 nitrogen and oxygen atoms in total. The molecule has 0 spiro atoms. The summed E-state index contributed by atoms with van der Waals surface area (Å²) in [5, 5.41) is 17.4. The molecule has 0 unspecified atom stereocenters. The van der Waals surface area contributed by atoms with E-state index in [1.807, 2.05) is 0 Å². The van der Waals surface area contributed by atoms with E-state index in [0.717, 1.165) is 25.7 Å². The number of carbonyl (C=O) groups excluding carboxylic acids is 4. The predicted octanol–water partition coefficient (Wildman–Crippen LogP) is 3.39. The lowest BCUT2D eigenvalue weighted by Gasteiger charge is -2.07. The summed E-state index contributed by atoms with van der Waals surface area (Å²) in [5.41, 5.74) is 0. The summed E-state index contributed by atoms with van der Waals surface area (Å²) in [7, 11) is 0. The average molecular weight is 519 g/mol. The van der Waals surface area contributed by atoms with Crippen molar-refractivity contribution in [1.29, 1.82) is 0 Å². The number of aliphatic hydroxyl groups excluding tert-OH is 2. The molecular weight excluding hydrogens is 472 g/mol. The third-order valence-corrected chi connectivity index (χ3v) is 5.26. The zero-order valence-electron chi connectivity index (χ0n) is 21.7. The maximum absolute atomic E-state index is 11.7. The van der Waals surface area contributed by atoms with Gasteiger partial charge in [0, 0.05) is 38.9 Å². The number of hydrogen-bond donors (Lipinski definition) is 2. The Kier molecular flexibility index (Phi) is 24.3. The molecule has 0 saturated carbocycles. The highest BCUT2D eigenvalue weighted by atomic mass is 16.6. The fourth-order valence-corrected chi connectivity index (χ4v) is 3.18. The van der Waals surface area contributed by atoms with Crippen molar-refractivity contribution in [2.75, 3.05) is 39.6 Å². The summed E-state index contributed by atoms with van der Waals surface area (Å²) < 4.78 is 20.3. The summed E-state index contributed by atoms with van der Waals surface area (Å²) in [6.07, 6.45) is 9.79. The zero-order valence-corrected chi connectivity index (χ0v) is 21.7. The molecule has 0 aliphatic heterocycles. The van der Waals surface area contributed by atoms with Crippen LogP contribution in [0.2, 0.25) is 0 Å². The van der Waals surface area contributed by atoms with Gasteiger partial charge in [0.15, 0.2) is 0 Å². The normalized spacial score (nSPS) is 10.6. The van der Waals surface area contributed by atoms with Crippen molar-refractivity contribution < 1.29 is 48.3 Å². The second kappa shape index (κ2) is 25.9. The Bertz CT molecular complexity index is 529. The Labute approximate surface area is 215 Å². The van der Waals surface area contributed by atoms with E-state index in [4.69, 9.17) is 29.2 Å². The van der Waals surface area contributed by atoms with Crippen LogP contribution in [0.5, 0.6) is 0 Å². The minimum Gasteiger partial charge on any atom is -0.466 e. The van der Waals surface area contributed by atoms with Crippen molar-refractivity contribution in [3.05, 3.63) is 0 Å². The molecule has 0 fully saturated rings. The minimum atomic E-state index is -0.352. The van der Waals surface area contributed by atoms with E-state index in [1.54, 1.807) is 0 Å². The first-order valence-electron chi connectivity index (χ1n) is 13.3. The highest BCUT2D eigenvalue weighted by molar-refractivity contribution is 5.70. The maximum atomic E-state index is 11.7. The average Bonchev–Trinajstić information content (AvgIpc) is 2.86. The second-order valence-electron chi connectivity index (χ2n) is 8.57. The van der Waals surface area contributed by atoms with E-state index in [-0.39, 0.29) is 63.1 Å². The van der Waals surface area contributed by atoms with Gasteiger partial charge in [-0.1, -0.05) is 12.8 Å². The SMILES string of the molecule is O=C(CCCCCO)OCCCCCC(=O)OCCOC(=O)CCCCCOC(=O)CCCCCO. The lowest BCUT2D eigenvalue weighted by molar-refractivity contribution is -0.152. The highest BCUT2D eigenvalue weighted by Crippen LogP contribution is 2.06. The number of carbonyl (C=O) groups is 4. The van der Waals surface area contributed by atoms with Crippen molar-refractivity contribution in [2.24, 2.45) is 0 Å². The van der Waals surface area contributed by atoms with Gasteiger partial charge in [0.1, 0.15) is 13.2 Å². The molecule has 0 aromatic carbocycles. The first-order valence-corrected chi connectivity index (χ1v) is 13.3. The number of ether oxygens (including phenoxy) is 4. The number of unbranched alkanes of at least 4 members (excludes halogenated alkanes) is 8. The number of rotatable bonds is 25. The van der Waals surface area contributed by atoms with Crippen LogP contribution in [0.3, 0.4) is 0 Å². The Hall–Kier alpha value is -2.20. The van der Waals surface area contributed by atoms with Crippen molar-refractivity contribution in [3.63, 3.8) is 0 Å². The standard InChI is InChI=1S/C26H46O10/c27-17-9-1-5-13-23(29)33-19-11-3-7-15-25(31)35-21-22-36-26(32)16-8-4-12-20-34-24(30)14-6-2-10-18-28/h27-28H,1-22H2. The fraction of sp³-hybridized carbons (Fsp3) is 0.846. The molecule has 0 radical (unpaired) electrons. The second-order valence-corrected chi connectivity index (χ2v) is 8.57.